The van der Waals surface area contributed by atoms with Crippen LogP contribution in [0.25, 0.3) is 0 Å². The van der Waals surface area contributed by atoms with Gasteiger partial charge >= 0.3 is 0 Å². The Kier molecular flexibility index (Phi) is 2.99. The van der Waals surface area contributed by atoms with Crippen molar-refractivity contribution < 1.29 is 9.84 Å². The molecule has 1 N–H and O–H groups in total. The second-order valence-corrected chi connectivity index (χ2v) is 7.00. The molecule has 0 saturated heterocycles. The lowest BCUT2D eigenvalue weighted by molar-refractivity contribution is -0.176. The van der Waals surface area contributed by atoms with Gasteiger partial charge in [0.1, 0.15) is 0 Å². The first-order valence-electron chi connectivity index (χ1n) is 7.33. The number of fused-ring (bicyclic) bond motifs is 2. The van der Waals surface area contributed by atoms with Crippen molar-refractivity contribution in [3.63, 3.8) is 0 Å². The molecular weight excluding hydrogens is 236 g/mol. The minimum atomic E-state index is -0.793. The lowest BCUT2D eigenvalue weighted by Crippen LogP contribution is -2.37. The quantitative estimate of drug-likeness (QED) is 0.835. The van der Waals surface area contributed by atoms with E-state index in [2.05, 4.69) is 20.8 Å². The molecule has 2 nitrogen and oxygen atoms in total. The van der Waals surface area contributed by atoms with E-state index in [-0.39, 0.29) is 11.5 Å². The van der Waals surface area contributed by atoms with Gasteiger partial charge in [-0.2, -0.15) is 0 Å². The molecule has 2 saturated carbocycles. The standard InChI is InChI=1S/C17H24O2/c1-16(2)13-9-10-17(16,3)14(11-13)19-15(18)12-7-5-4-6-8-12/h4-8,13-15,18H,9-11H2,1-3H3. The van der Waals surface area contributed by atoms with E-state index in [9.17, 15) is 5.11 Å². The smallest absolute Gasteiger partial charge is 0.181 e. The molecule has 4 unspecified atom stereocenters. The number of benzene rings is 1. The third-order valence-electron chi connectivity index (χ3n) is 6.09. The van der Waals surface area contributed by atoms with Crippen LogP contribution in [0.1, 0.15) is 51.9 Å². The number of rotatable bonds is 3. The fraction of sp³-hybridized carbons (Fsp3) is 0.647. The average Bonchev–Trinajstić information content (AvgIpc) is 2.73. The molecule has 3 rings (SSSR count). The molecule has 2 fully saturated rings. The van der Waals surface area contributed by atoms with Crippen molar-refractivity contribution in [1.29, 1.82) is 0 Å². The summed E-state index contributed by atoms with van der Waals surface area (Å²) in [6, 6.07) is 9.68. The fourth-order valence-corrected chi connectivity index (χ4v) is 4.19. The minimum absolute atomic E-state index is 0.177. The molecule has 2 aliphatic carbocycles. The van der Waals surface area contributed by atoms with Gasteiger partial charge in [-0.25, -0.2) is 0 Å². The Bertz CT molecular complexity index is 454. The molecule has 0 amide bonds. The van der Waals surface area contributed by atoms with Crippen molar-refractivity contribution in [2.45, 2.75) is 52.4 Å². The van der Waals surface area contributed by atoms with Gasteiger partial charge in [-0.15, -0.1) is 0 Å². The molecule has 19 heavy (non-hydrogen) atoms. The van der Waals surface area contributed by atoms with Crippen LogP contribution in [0.4, 0.5) is 0 Å². The zero-order chi connectivity index (χ0) is 13.7. The summed E-state index contributed by atoms with van der Waals surface area (Å²) in [4.78, 5) is 0. The van der Waals surface area contributed by atoms with Crippen LogP contribution in [0.2, 0.25) is 0 Å². The van der Waals surface area contributed by atoms with Gasteiger partial charge in [-0.1, -0.05) is 51.1 Å². The Morgan fingerprint density at radius 2 is 1.89 bits per heavy atom. The molecular formula is C17H24O2. The molecule has 104 valence electrons. The van der Waals surface area contributed by atoms with Gasteiger partial charge < -0.3 is 9.84 Å². The molecule has 0 heterocycles. The van der Waals surface area contributed by atoms with E-state index in [1.807, 2.05) is 30.3 Å². The molecule has 1 aromatic rings. The summed E-state index contributed by atoms with van der Waals surface area (Å²) in [5, 5.41) is 10.3. The van der Waals surface area contributed by atoms with E-state index in [0.29, 0.717) is 5.41 Å². The van der Waals surface area contributed by atoms with E-state index in [4.69, 9.17) is 4.74 Å². The van der Waals surface area contributed by atoms with Gasteiger partial charge in [-0.05, 0) is 36.0 Å². The molecule has 0 aromatic heterocycles. The van der Waals surface area contributed by atoms with Crippen LogP contribution in [0.15, 0.2) is 30.3 Å². The fourth-order valence-electron chi connectivity index (χ4n) is 4.19. The van der Waals surface area contributed by atoms with Gasteiger partial charge in [0.15, 0.2) is 6.29 Å². The van der Waals surface area contributed by atoms with E-state index in [1.165, 1.54) is 12.8 Å². The van der Waals surface area contributed by atoms with Crippen molar-refractivity contribution in [3.8, 4) is 0 Å². The van der Waals surface area contributed by atoms with E-state index in [0.717, 1.165) is 17.9 Å². The third kappa shape index (κ3) is 1.85. The van der Waals surface area contributed by atoms with Crippen LogP contribution < -0.4 is 0 Å². The van der Waals surface area contributed by atoms with Crippen molar-refractivity contribution in [2.75, 3.05) is 0 Å². The van der Waals surface area contributed by atoms with Crippen LogP contribution in [0, 0.1) is 16.7 Å². The Balaban J connectivity index is 1.76. The predicted octanol–water partition coefficient (Wildman–Crippen LogP) is 3.91. The van der Waals surface area contributed by atoms with E-state index < -0.39 is 6.29 Å². The number of ether oxygens (including phenoxy) is 1. The lowest BCUT2D eigenvalue weighted by atomic mass is 9.70. The SMILES string of the molecule is CC1(C)C2CCC1(C)C(OC(O)c1ccccc1)C2. The van der Waals surface area contributed by atoms with Crippen molar-refractivity contribution >= 4 is 0 Å². The first-order valence-corrected chi connectivity index (χ1v) is 7.33. The maximum absolute atomic E-state index is 10.3. The summed E-state index contributed by atoms with van der Waals surface area (Å²) < 4.78 is 6.03. The first kappa shape index (κ1) is 13.1. The van der Waals surface area contributed by atoms with Gasteiger partial charge in [0.25, 0.3) is 0 Å². The van der Waals surface area contributed by atoms with Crippen LogP contribution in [-0.2, 0) is 4.74 Å². The third-order valence-corrected chi connectivity index (χ3v) is 6.09. The first-order chi connectivity index (χ1) is 8.95. The van der Waals surface area contributed by atoms with E-state index >= 15 is 0 Å². The maximum Gasteiger partial charge on any atom is 0.181 e. The highest BCUT2D eigenvalue weighted by atomic mass is 16.6. The summed E-state index contributed by atoms with van der Waals surface area (Å²) >= 11 is 0. The molecule has 0 radical (unpaired) electrons. The molecule has 2 heteroatoms. The van der Waals surface area contributed by atoms with Crippen molar-refractivity contribution in [1.82, 2.24) is 0 Å². The second-order valence-electron chi connectivity index (χ2n) is 7.00. The monoisotopic (exact) mass is 260 g/mol. The molecule has 4 atom stereocenters. The van der Waals surface area contributed by atoms with Gasteiger partial charge in [0, 0.05) is 5.56 Å². The zero-order valence-corrected chi connectivity index (χ0v) is 12.1. The normalized spacial score (nSPS) is 37.5. The van der Waals surface area contributed by atoms with Gasteiger partial charge in [-0.3, -0.25) is 0 Å². The summed E-state index contributed by atoms with van der Waals surface area (Å²) in [5.74, 6) is 0.741. The summed E-state index contributed by atoms with van der Waals surface area (Å²) in [6.07, 6.45) is 3.00. The molecule has 0 aliphatic heterocycles. The highest BCUT2D eigenvalue weighted by molar-refractivity contribution is 5.17. The Morgan fingerprint density at radius 3 is 2.42 bits per heavy atom. The number of aliphatic hydroxyl groups is 1. The van der Waals surface area contributed by atoms with Crippen LogP contribution in [0.3, 0.4) is 0 Å². The lowest BCUT2D eigenvalue weighted by Gasteiger charge is -2.39. The predicted molar refractivity (Wildman–Crippen MR) is 75.5 cm³/mol. The number of hydrogen-bond donors (Lipinski definition) is 1. The number of aliphatic hydroxyl groups excluding tert-OH is 1. The highest BCUT2D eigenvalue weighted by Crippen LogP contribution is 2.66. The van der Waals surface area contributed by atoms with Crippen LogP contribution >= 0.6 is 0 Å². The summed E-state index contributed by atoms with van der Waals surface area (Å²) in [5.41, 5.74) is 1.38. The maximum atomic E-state index is 10.3. The van der Waals surface area contributed by atoms with Crippen LogP contribution in [0.5, 0.6) is 0 Å². The molecule has 1 aromatic carbocycles. The molecule has 2 aliphatic rings. The summed E-state index contributed by atoms with van der Waals surface area (Å²) in [7, 11) is 0. The van der Waals surface area contributed by atoms with Crippen molar-refractivity contribution in [3.05, 3.63) is 35.9 Å². The molecule has 0 spiro atoms. The van der Waals surface area contributed by atoms with Crippen LogP contribution in [-0.4, -0.2) is 11.2 Å². The Hall–Kier alpha value is -0.860. The van der Waals surface area contributed by atoms with Crippen molar-refractivity contribution in [2.24, 2.45) is 16.7 Å². The average molecular weight is 260 g/mol. The highest BCUT2D eigenvalue weighted by Gasteiger charge is 2.62. The number of hydrogen-bond acceptors (Lipinski definition) is 2. The minimum Gasteiger partial charge on any atom is -0.364 e. The van der Waals surface area contributed by atoms with Gasteiger partial charge in [0.05, 0.1) is 6.10 Å². The Morgan fingerprint density at radius 1 is 1.21 bits per heavy atom. The topological polar surface area (TPSA) is 29.5 Å². The van der Waals surface area contributed by atoms with Gasteiger partial charge in [0.2, 0.25) is 0 Å². The second kappa shape index (κ2) is 4.32. The Labute approximate surface area is 115 Å². The largest absolute Gasteiger partial charge is 0.364 e. The van der Waals surface area contributed by atoms with E-state index in [1.54, 1.807) is 0 Å². The zero-order valence-electron chi connectivity index (χ0n) is 12.1. The summed E-state index contributed by atoms with van der Waals surface area (Å²) in [6.45, 7) is 7.06. The molecule has 2 bridgehead atoms.